The summed E-state index contributed by atoms with van der Waals surface area (Å²) >= 11 is 0. The van der Waals surface area contributed by atoms with Crippen LogP contribution in [-0.2, 0) is 22.6 Å². The van der Waals surface area contributed by atoms with E-state index >= 15 is 0 Å². The van der Waals surface area contributed by atoms with Crippen LogP contribution in [0.25, 0.3) is 0 Å². The molecule has 0 saturated carbocycles. The van der Waals surface area contributed by atoms with Gasteiger partial charge in [-0.1, -0.05) is 24.6 Å². The van der Waals surface area contributed by atoms with Crippen molar-refractivity contribution in [3.8, 4) is 5.75 Å². The molecular weight excluding hydrogens is 492 g/mol. The predicted octanol–water partition coefficient (Wildman–Crippen LogP) is 4.05. The van der Waals surface area contributed by atoms with E-state index in [1.807, 2.05) is 36.9 Å². The highest BCUT2D eigenvalue weighted by molar-refractivity contribution is 5.84. The molecule has 0 aliphatic carbocycles. The summed E-state index contributed by atoms with van der Waals surface area (Å²) in [6.07, 6.45) is 8.28. The summed E-state index contributed by atoms with van der Waals surface area (Å²) in [7, 11) is 0. The molecule has 210 valence electrons. The minimum absolute atomic E-state index is 0.111. The van der Waals surface area contributed by atoms with Crippen molar-refractivity contribution in [2.75, 3.05) is 26.2 Å². The first kappa shape index (κ1) is 27.4. The highest BCUT2D eigenvalue weighted by atomic mass is 16.5. The van der Waals surface area contributed by atoms with E-state index in [4.69, 9.17) is 4.74 Å². The summed E-state index contributed by atoms with van der Waals surface area (Å²) in [6, 6.07) is 10.3. The number of nitrogens with zero attached hydrogens (tertiary/aromatic N) is 4. The van der Waals surface area contributed by atoms with Crippen LogP contribution in [0.5, 0.6) is 5.75 Å². The van der Waals surface area contributed by atoms with Crippen molar-refractivity contribution in [2.45, 2.75) is 90.6 Å². The number of hydrogen-bond donors (Lipinski definition) is 0. The fourth-order valence-electron chi connectivity index (χ4n) is 6.75. The van der Waals surface area contributed by atoms with E-state index in [9.17, 15) is 14.4 Å². The minimum atomic E-state index is -0.393. The zero-order chi connectivity index (χ0) is 27.4. The number of ether oxygens (including phenoxy) is 1. The van der Waals surface area contributed by atoms with Gasteiger partial charge < -0.3 is 14.5 Å². The molecule has 2 fully saturated rings. The van der Waals surface area contributed by atoms with Crippen LogP contribution in [0.1, 0.15) is 74.7 Å². The molecule has 8 nitrogen and oxygen atoms in total. The Labute approximate surface area is 231 Å². The van der Waals surface area contributed by atoms with Crippen LogP contribution in [0.2, 0.25) is 0 Å². The molecule has 8 heteroatoms. The normalized spacial score (nSPS) is 21.5. The zero-order valence-electron chi connectivity index (χ0n) is 23.5. The van der Waals surface area contributed by atoms with Crippen molar-refractivity contribution in [2.24, 2.45) is 5.41 Å². The van der Waals surface area contributed by atoms with Crippen LogP contribution < -0.4 is 10.4 Å². The van der Waals surface area contributed by atoms with Crippen molar-refractivity contribution in [1.82, 2.24) is 19.4 Å². The third-order valence-electron chi connectivity index (χ3n) is 9.04. The van der Waals surface area contributed by atoms with E-state index in [1.165, 1.54) is 5.56 Å². The largest absolute Gasteiger partial charge is 0.491 e. The SMILES string of the molecule is Cc1cc(C)n(CCCC(=O)N2CCC3(CCCCc4ccccc4OC[C@@H]4CCCN4C3=O)CC2)c(=O)n1. The van der Waals surface area contributed by atoms with Crippen LogP contribution in [-0.4, -0.2) is 63.4 Å². The van der Waals surface area contributed by atoms with E-state index in [0.717, 1.165) is 69.4 Å². The summed E-state index contributed by atoms with van der Waals surface area (Å²) in [5, 5.41) is 0. The number of rotatable bonds is 4. The number of amides is 2. The third kappa shape index (κ3) is 6.04. The Bertz CT molecular complexity index is 1250. The molecule has 3 aliphatic rings. The van der Waals surface area contributed by atoms with Crippen LogP contribution in [0, 0.1) is 19.3 Å². The second-order valence-corrected chi connectivity index (χ2v) is 11.7. The maximum Gasteiger partial charge on any atom is 0.347 e. The van der Waals surface area contributed by atoms with Gasteiger partial charge in [0.2, 0.25) is 11.8 Å². The summed E-state index contributed by atoms with van der Waals surface area (Å²) in [5.41, 5.74) is 2.19. The Morgan fingerprint density at radius 3 is 2.64 bits per heavy atom. The Balaban J connectivity index is 1.21. The lowest BCUT2D eigenvalue weighted by Crippen LogP contribution is -2.53. The highest BCUT2D eigenvalue weighted by Gasteiger charge is 2.46. The second kappa shape index (κ2) is 11.9. The van der Waals surface area contributed by atoms with Crippen LogP contribution >= 0.6 is 0 Å². The van der Waals surface area contributed by atoms with Crippen LogP contribution in [0.3, 0.4) is 0 Å². The highest BCUT2D eigenvalue weighted by Crippen LogP contribution is 2.41. The smallest absolute Gasteiger partial charge is 0.347 e. The lowest BCUT2D eigenvalue weighted by atomic mass is 9.72. The maximum absolute atomic E-state index is 14.1. The van der Waals surface area contributed by atoms with Crippen molar-refractivity contribution >= 4 is 11.8 Å². The number of aromatic nitrogens is 2. The van der Waals surface area contributed by atoms with E-state index in [0.29, 0.717) is 44.8 Å². The number of carbonyl (C=O) groups is 2. The Morgan fingerprint density at radius 1 is 1.05 bits per heavy atom. The topological polar surface area (TPSA) is 84.7 Å². The molecular formula is C31H42N4O4. The zero-order valence-corrected chi connectivity index (χ0v) is 23.5. The maximum atomic E-state index is 14.1. The van der Waals surface area contributed by atoms with Gasteiger partial charge in [0.05, 0.1) is 11.5 Å². The van der Waals surface area contributed by atoms with Gasteiger partial charge >= 0.3 is 5.69 Å². The van der Waals surface area contributed by atoms with E-state index in [1.54, 1.807) is 4.57 Å². The molecule has 0 unspecified atom stereocenters. The van der Waals surface area contributed by atoms with Crippen LogP contribution in [0.4, 0.5) is 0 Å². The van der Waals surface area contributed by atoms with Crippen molar-refractivity contribution in [3.63, 3.8) is 0 Å². The second-order valence-electron chi connectivity index (χ2n) is 11.7. The van der Waals surface area contributed by atoms with E-state index < -0.39 is 5.41 Å². The molecule has 3 aliphatic heterocycles. The molecule has 5 rings (SSSR count). The molecule has 2 saturated heterocycles. The lowest BCUT2D eigenvalue weighted by molar-refractivity contribution is -0.150. The lowest BCUT2D eigenvalue weighted by Gasteiger charge is -2.44. The first-order valence-corrected chi connectivity index (χ1v) is 14.7. The van der Waals surface area contributed by atoms with E-state index in [2.05, 4.69) is 22.0 Å². The monoisotopic (exact) mass is 534 g/mol. The standard InChI is InChI=1S/C31H42N4O4/c1-23-21-24(2)34(30(38)32-23)17-8-13-28(36)33-19-15-31(16-20-33)14-6-5-10-25-9-3-4-12-27(25)39-22-26-11-7-18-35(26)29(31)37/h3-4,9,12,21,26H,5-8,10-11,13-20,22H2,1-2H3/t26-/m0/s1. The number of carbonyl (C=O) groups excluding carboxylic acids is 2. The van der Waals surface area contributed by atoms with Gasteiger partial charge in [0.15, 0.2) is 0 Å². The molecule has 1 spiro atoms. The summed E-state index contributed by atoms with van der Waals surface area (Å²) < 4.78 is 7.91. The number of hydrogen-bond acceptors (Lipinski definition) is 5. The number of aryl methyl sites for hydroxylation is 3. The van der Waals surface area contributed by atoms with Gasteiger partial charge in [-0.2, -0.15) is 4.98 Å². The number of para-hydroxylation sites is 1. The molecule has 1 atom stereocenters. The molecule has 0 N–H and O–H groups in total. The molecule has 0 radical (unpaired) electrons. The van der Waals surface area contributed by atoms with Gasteiger partial charge in [0.1, 0.15) is 12.4 Å². The first-order chi connectivity index (χ1) is 18.9. The molecule has 0 bridgehead atoms. The van der Waals surface area contributed by atoms with Crippen molar-refractivity contribution < 1.29 is 14.3 Å². The van der Waals surface area contributed by atoms with Gasteiger partial charge in [0, 0.05) is 44.0 Å². The molecule has 39 heavy (non-hydrogen) atoms. The Kier molecular flexibility index (Phi) is 8.38. The molecule has 2 aromatic rings. The van der Waals surface area contributed by atoms with Gasteiger partial charge in [-0.3, -0.25) is 14.2 Å². The average molecular weight is 535 g/mol. The quantitative estimate of drug-likeness (QED) is 0.591. The molecule has 2 amide bonds. The fraction of sp³-hybridized carbons (Fsp3) is 0.613. The number of likely N-dealkylation sites (tertiary alicyclic amines) is 1. The Hall–Kier alpha value is -3.16. The van der Waals surface area contributed by atoms with Crippen molar-refractivity contribution in [1.29, 1.82) is 0 Å². The van der Waals surface area contributed by atoms with E-state index in [-0.39, 0.29) is 23.5 Å². The first-order valence-electron chi connectivity index (χ1n) is 14.7. The van der Waals surface area contributed by atoms with Gasteiger partial charge in [-0.15, -0.1) is 0 Å². The average Bonchev–Trinajstić information content (AvgIpc) is 3.39. The predicted molar refractivity (Wildman–Crippen MR) is 150 cm³/mol. The number of piperidine rings is 1. The number of benzene rings is 1. The van der Waals surface area contributed by atoms with Gasteiger partial charge in [-0.05, 0) is 82.9 Å². The molecule has 4 heterocycles. The van der Waals surface area contributed by atoms with Crippen molar-refractivity contribution in [3.05, 3.63) is 57.8 Å². The molecule has 1 aromatic carbocycles. The summed E-state index contributed by atoms with van der Waals surface area (Å²) in [5.74, 6) is 1.34. The van der Waals surface area contributed by atoms with Gasteiger partial charge in [0.25, 0.3) is 0 Å². The summed E-state index contributed by atoms with van der Waals surface area (Å²) in [4.78, 5) is 47.4. The molecule has 1 aromatic heterocycles. The van der Waals surface area contributed by atoms with Crippen LogP contribution in [0.15, 0.2) is 35.1 Å². The Morgan fingerprint density at radius 2 is 1.85 bits per heavy atom. The fourth-order valence-corrected chi connectivity index (χ4v) is 6.75. The summed E-state index contributed by atoms with van der Waals surface area (Å²) in [6.45, 7) is 6.78. The third-order valence-corrected chi connectivity index (χ3v) is 9.04. The number of fused-ring (bicyclic) bond motifs is 2. The van der Waals surface area contributed by atoms with Gasteiger partial charge in [-0.25, -0.2) is 4.79 Å². The minimum Gasteiger partial charge on any atom is -0.491 e.